The van der Waals surface area contributed by atoms with Gasteiger partial charge in [-0.25, -0.2) is 5.43 Å². The van der Waals surface area contributed by atoms with Crippen LogP contribution in [0.25, 0.3) is 0 Å². The summed E-state index contributed by atoms with van der Waals surface area (Å²) in [6.45, 7) is 1.52. The number of anilines is 1. The van der Waals surface area contributed by atoms with Crippen LogP contribution in [0.1, 0.15) is 11.3 Å². The monoisotopic (exact) mass is 400 g/mol. The zero-order chi connectivity index (χ0) is 20.1. The number of nitrogens with one attached hydrogen (secondary N) is 2. The van der Waals surface area contributed by atoms with Gasteiger partial charge in [-0.2, -0.15) is 5.10 Å². The molecule has 11 heteroatoms. The molecule has 2 aromatic carbocycles. The van der Waals surface area contributed by atoms with E-state index in [1.54, 1.807) is 30.3 Å². The standard InChI is InChI=1S/C17H13ClN6O4/c1-10-16(25)20-17(23-21-10)22-19-9-11-6-7-15(13(8-11)24(26)27)28-14-5-3-2-4-12(14)18/h2-9H,1H3,(H2,20,22,23,25)/b19-9+. The number of hydrogen-bond donors (Lipinski definition) is 2. The Balaban J connectivity index is 1.80. The minimum Gasteiger partial charge on any atom is -0.449 e. The van der Waals surface area contributed by atoms with E-state index in [-0.39, 0.29) is 23.1 Å². The van der Waals surface area contributed by atoms with Crippen molar-refractivity contribution in [3.8, 4) is 11.5 Å². The van der Waals surface area contributed by atoms with Crippen LogP contribution >= 0.6 is 11.6 Å². The van der Waals surface area contributed by atoms with E-state index in [0.29, 0.717) is 16.3 Å². The lowest BCUT2D eigenvalue weighted by molar-refractivity contribution is -0.385. The maximum atomic E-state index is 11.5. The largest absolute Gasteiger partial charge is 0.449 e. The van der Waals surface area contributed by atoms with E-state index in [1.165, 1.54) is 25.3 Å². The zero-order valence-electron chi connectivity index (χ0n) is 14.4. The number of H-pyrrole nitrogens is 1. The number of nitro groups is 1. The van der Waals surface area contributed by atoms with E-state index in [0.717, 1.165) is 0 Å². The highest BCUT2D eigenvalue weighted by molar-refractivity contribution is 6.32. The maximum absolute atomic E-state index is 11.5. The molecule has 1 heterocycles. The molecule has 0 fully saturated rings. The average molecular weight is 401 g/mol. The van der Waals surface area contributed by atoms with Crippen molar-refractivity contribution in [3.05, 3.63) is 79.2 Å². The molecule has 0 aliphatic rings. The van der Waals surface area contributed by atoms with Crippen LogP contribution < -0.4 is 15.7 Å². The third-order valence-electron chi connectivity index (χ3n) is 3.48. The van der Waals surface area contributed by atoms with E-state index < -0.39 is 10.5 Å². The molecule has 0 atom stereocenters. The Hall–Kier alpha value is -3.79. The summed E-state index contributed by atoms with van der Waals surface area (Å²) in [6.07, 6.45) is 1.33. The minimum absolute atomic E-state index is 0.0388. The lowest BCUT2D eigenvalue weighted by atomic mass is 10.2. The van der Waals surface area contributed by atoms with Gasteiger partial charge < -0.3 is 4.74 Å². The van der Waals surface area contributed by atoms with Crippen molar-refractivity contribution >= 4 is 29.5 Å². The lowest BCUT2D eigenvalue weighted by Gasteiger charge is -2.08. The fourth-order valence-corrected chi connectivity index (χ4v) is 2.28. The molecule has 0 saturated heterocycles. The number of nitrogens with zero attached hydrogens (tertiary/aromatic N) is 4. The number of nitro benzene ring substituents is 1. The van der Waals surface area contributed by atoms with Gasteiger partial charge in [0.25, 0.3) is 5.56 Å². The molecule has 0 unspecified atom stereocenters. The van der Waals surface area contributed by atoms with E-state index in [2.05, 4.69) is 25.7 Å². The highest BCUT2D eigenvalue weighted by atomic mass is 35.5. The van der Waals surface area contributed by atoms with Crippen LogP contribution in [0.5, 0.6) is 11.5 Å². The molecule has 0 bridgehead atoms. The first kappa shape index (κ1) is 19.0. The maximum Gasteiger partial charge on any atom is 0.312 e. The molecular formula is C17H13ClN6O4. The SMILES string of the molecule is Cc1nnc(N/N=C/c2ccc(Oc3ccccc3Cl)c([N+](=O)[O-])c2)[nH]c1=O. The third kappa shape index (κ3) is 4.48. The summed E-state index contributed by atoms with van der Waals surface area (Å²) < 4.78 is 5.56. The van der Waals surface area contributed by atoms with Crippen LogP contribution in [0.2, 0.25) is 5.02 Å². The fourth-order valence-electron chi connectivity index (χ4n) is 2.10. The number of ether oxygens (including phenoxy) is 1. The first-order chi connectivity index (χ1) is 13.4. The highest BCUT2D eigenvalue weighted by Crippen LogP contribution is 2.35. The Labute approximate surface area is 163 Å². The van der Waals surface area contributed by atoms with Gasteiger partial charge in [-0.3, -0.25) is 19.9 Å². The summed E-state index contributed by atoms with van der Waals surface area (Å²) in [5, 5.41) is 23.0. The van der Waals surface area contributed by atoms with Gasteiger partial charge in [-0.05, 0) is 31.2 Å². The summed E-state index contributed by atoms with van der Waals surface area (Å²) in [5.74, 6) is 0.384. The predicted molar refractivity (Wildman–Crippen MR) is 103 cm³/mol. The van der Waals surface area contributed by atoms with Crippen molar-refractivity contribution in [2.45, 2.75) is 6.92 Å². The fraction of sp³-hybridized carbons (Fsp3) is 0.0588. The van der Waals surface area contributed by atoms with Gasteiger partial charge in [0.15, 0.2) is 0 Å². The first-order valence-corrected chi connectivity index (χ1v) is 8.25. The summed E-state index contributed by atoms with van der Waals surface area (Å²) >= 11 is 6.02. The number of rotatable bonds is 6. The number of halogens is 1. The molecule has 0 amide bonds. The van der Waals surface area contributed by atoms with Crippen molar-refractivity contribution in [1.29, 1.82) is 0 Å². The van der Waals surface area contributed by atoms with Crippen LogP contribution in [0.4, 0.5) is 11.6 Å². The van der Waals surface area contributed by atoms with Gasteiger partial charge >= 0.3 is 5.69 Å². The quantitative estimate of drug-likeness (QED) is 0.368. The molecule has 0 aliphatic carbocycles. The second kappa shape index (κ2) is 8.27. The van der Waals surface area contributed by atoms with Gasteiger partial charge in [-0.1, -0.05) is 23.7 Å². The van der Waals surface area contributed by atoms with Crippen molar-refractivity contribution in [2.75, 3.05) is 5.43 Å². The second-order valence-electron chi connectivity index (χ2n) is 5.47. The number of aryl methyl sites for hydroxylation is 1. The molecule has 28 heavy (non-hydrogen) atoms. The van der Waals surface area contributed by atoms with Gasteiger partial charge in [0.1, 0.15) is 11.4 Å². The topological polar surface area (TPSA) is 135 Å². The number of aromatic amines is 1. The highest BCUT2D eigenvalue weighted by Gasteiger charge is 2.17. The molecule has 0 saturated carbocycles. The van der Waals surface area contributed by atoms with Crippen molar-refractivity contribution < 1.29 is 9.66 Å². The summed E-state index contributed by atoms with van der Waals surface area (Å²) in [4.78, 5) is 24.7. The summed E-state index contributed by atoms with van der Waals surface area (Å²) in [6, 6.07) is 11.0. The second-order valence-corrected chi connectivity index (χ2v) is 5.88. The van der Waals surface area contributed by atoms with Crippen LogP contribution in [0.3, 0.4) is 0 Å². The molecule has 3 aromatic rings. The Morgan fingerprint density at radius 2 is 2.04 bits per heavy atom. The average Bonchev–Trinajstić information content (AvgIpc) is 2.67. The van der Waals surface area contributed by atoms with Gasteiger partial charge in [-0.15, -0.1) is 10.2 Å². The third-order valence-corrected chi connectivity index (χ3v) is 3.79. The van der Waals surface area contributed by atoms with Crippen molar-refractivity contribution in [2.24, 2.45) is 5.10 Å². The number of para-hydroxylation sites is 1. The number of aromatic nitrogens is 3. The molecule has 0 spiro atoms. The van der Waals surface area contributed by atoms with Crippen LogP contribution in [0, 0.1) is 17.0 Å². The molecule has 142 valence electrons. The van der Waals surface area contributed by atoms with Crippen molar-refractivity contribution in [1.82, 2.24) is 15.2 Å². The Kier molecular flexibility index (Phi) is 5.61. The number of hydrogen-bond acceptors (Lipinski definition) is 8. The Morgan fingerprint density at radius 1 is 1.25 bits per heavy atom. The zero-order valence-corrected chi connectivity index (χ0v) is 15.2. The van der Waals surface area contributed by atoms with E-state index in [9.17, 15) is 14.9 Å². The van der Waals surface area contributed by atoms with Crippen LogP contribution in [-0.4, -0.2) is 26.3 Å². The summed E-state index contributed by atoms with van der Waals surface area (Å²) in [7, 11) is 0. The number of benzene rings is 2. The molecule has 10 nitrogen and oxygen atoms in total. The van der Waals surface area contributed by atoms with Crippen LogP contribution in [0.15, 0.2) is 52.4 Å². The smallest absolute Gasteiger partial charge is 0.312 e. The molecule has 0 radical (unpaired) electrons. The molecule has 0 aliphatic heterocycles. The molecular weight excluding hydrogens is 388 g/mol. The van der Waals surface area contributed by atoms with E-state index in [4.69, 9.17) is 16.3 Å². The molecule has 3 rings (SSSR count). The van der Waals surface area contributed by atoms with Gasteiger partial charge in [0.2, 0.25) is 11.7 Å². The van der Waals surface area contributed by atoms with Crippen LogP contribution in [-0.2, 0) is 0 Å². The molecule has 2 N–H and O–H groups in total. The minimum atomic E-state index is -0.570. The lowest BCUT2D eigenvalue weighted by Crippen LogP contribution is -2.15. The van der Waals surface area contributed by atoms with Crippen molar-refractivity contribution in [3.63, 3.8) is 0 Å². The Morgan fingerprint density at radius 3 is 2.75 bits per heavy atom. The summed E-state index contributed by atoms with van der Waals surface area (Å²) in [5.41, 5.74) is 2.48. The van der Waals surface area contributed by atoms with E-state index in [1.807, 2.05) is 0 Å². The predicted octanol–water partition coefficient (Wildman–Crippen LogP) is 3.27. The Bertz CT molecular complexity index is 1110. The van der Waals surface area contributed by atoms with Gasteiger partial charge in [0.05, 0.1) is 16.2 Å². The first-order valence-electron chi connectivity index (χ1n) is 7.87. The molecule has 1 aromatic heterocycles. The van der Waals surface area contributed by atoms with Gasteiger partial charge in [0, 0.05) is 11.6 Å². The van der Waals surface area contributed by atoms with E-state index >= 15 is 0 Å². The number of hydrazone groups is 1. The normalized spacial score (nSPS) is 10.8.